The molecular weight excluding hydrogens is 164 g/mol. The predicted molar refractivity (Wildman–Crippen MR) is 56.9 cm³/mol. The van der Waals surface area contributed by atoms with E-state index in [4.69, 9.17) is 10.5 Å². The zero-order valence-electron chi connectivity index (χ0n) is 9.42. The molecule has 0 aromatic rings. The zero-order valence-corrected chi connectivity index (χ0v) is 9.42. The van der Waals surface area contributed by atoms with Gasteiger partial charge in [-0.15, -0.1) is 0 Å². The number of rotatable bonds is 7. The molecule has 2 N–H and O–H groups in total. The second-order valence-electron chi connectivity index (χ2n) is 3.80. The van der Waals surface area contributed by atoms with Gasteiger partial charge in [0.15, 0.2) is 0 Å². The Balaban J connectivity index is 3.90. The van der Waals surface area contributed by atoms with Crippen molar-refractivity contribution < 1.29 is 4.74 Å². The van der Waals surface area contributed by atoms with E-state index in [1.54, 1.807) is 7.11 Å². The lowest BCUT2D eigenvalue weighted by Crippen LogP contribution is -2.40. The van der Waals surface area contributed by atoms with E-state index < -0.39 is 0 Å². The molecule has 0 saturated heterocycles. The summed E-state index contributed by atoms with van der Waals surface area (Å²) >= 11 is 0. The Morgan fingerprint density at radius 3 is 2.38 bits per heavy atom. The SMILES string of the molecule is COCC(CCCN)N(C)C(C)C. The summed E-state index contributed by atoms with van der Waals surface area (Å²) < 4.78 is 5.19. The van der Waals surface area contributed by atoms with E-state index in [-0.39, 0.29) is 0 Å². The van der Waals surface area contributed by atoms with Gasteiger partial charge < -0.3 is 10.5 Å². The molecule has 0 aliphatic rings. The molecule has 3 nitrogen and oxygen atoms in total. The maximum Gasteiger partial charge on any atom is 0.0618 e. The van der Waals surface area contributed by atoms with Gasteiger partial charge in [-0.1, -0.05) is 0 Å². The number of nitrogens with zero attached hydrogens (tertiary/aromatic N) is 1. The lowest BCUT2D eigenvalue weighted by atomic mass is 10.1. The first kappa shape index (κ1) is 12.9. The molecule has 0 aromatic carbocycles. The molecule has 0 fully saturated rings. The van der Waals surface area contributed by atoms with E-state index in [1.165, 1.54) is 0 Å². The third-order valence-corrected chi connectivity index (χ3v) is 2.49. The van der Waals surface area contributed by atoms with Crippen molar-refractivity contribution in [3.05, 3.63) is 0 Å². The van der Waals surface area contributed by atoms with Gasteiger partial charge in [0.1, 0.15) is 0 Å². The van der Waals surface area contributed by atoms with Crippen molar-refractivity contribution in [2.75, 3.05) is 27.3 Å². The van der Waals surface area contributed by atoms with Gasteiger partial charge in [-0.2, -0.15) is 0 Å². The molecule has 0 aliphatic heterocycles. The van der Waals surface area contributed by atoms with Crippen LogP contribution in [0.2, 0.25) is 0 Å². The van der Waals surface area contributed by atoms with Crippen LogP contribution in [0, 0.1) is 0 Å². The summed E-state index contributed by atoms with van der Waals surface area (Å²) in [6.45, 7) is 5.97. The highest BCUT2D eigenvalue weighted by molar-refractivity contribution is 4.71. The number of methoxy groups -OCH3 is 1. The number of hydrogen-bond acceptors (Lipinski definition) is 3. The second kappa shape index (κ2) is 7.30. The Kier molecular flexibility index (Phi) is 7.23. The maximum atomic E-state index is 5.49. The van der Waals surface area contributed by atoms with Crippen LogP contribution in [0.15, 0.2) is 0 Å². The molecule has 0 rings (SSSR count). The summed E-state index contributed by atoms with van der Waals surface area (Å²) in [6, 6.07) is 1.08. The molecule has 0 aromatic heterocycles. The van der Waals surface area contributed by atoms with Crippen LogP contribution in [0.3, 0.4) is 0 Å². The predicted octanol–water partition coefficient (Wildman–Crippen LogP) is 1.08. The minimum atomic E-state index is 0.508. The minimum absolute atomic E-state index is 0.508. The topological polar surface area (TPSA) is 38.5 Å². The smallest absolute Gasteiger partial charge is 0.0618 e. The zero-order chi connectivity index (χ0) is 10.3. The maximum absolute atomic E-state index is 5.49. The van der Waals surface area contributed by atoms with Gasteiger partial charge >= 0.3 is 0 Å². The summed E-state index contributed by atoms with van der Waals surface area (Å²) in [7, 11) is 3.90. The van der Waals surface area contributed by atoms with E-state index in [2.05, 4.69) is 25.8 Å². The van der Waals surface area contributed by atoms with Crippen molar-refractivity contribution in [1.82, 2.24) is 4.90 Å². The van der Waals surface area contributed by atoms with Gasteiger partial charge in [0, 0.05) is 19.2 Å². The largest absolute Gasteiger partial charge is 0.383 e. The van der Waals surface area contributed by atoms with Gasteiger partial charge in [0.25, 0.3) is 0 Å². The van der Waals surface area contributed by atoms with Gasteiger partial charge in [0.2, 0.25) is 0 Å². The second-order valence-corrected chi connectivity index (χ2v) is 3.80. The lowest BCUT2D eigenvalue weighted by Gasteiger charge is -2.30. The van der Waals surface area contributed by atoms with Crippen LogP contribution in [0.25, 0.3) is 0 Å². The summed E-state index contributed by atoms with van der Waals surface area (Å²) in [5, 5.41) is 0. The fourth-order valence-electron chi connectivity index (χ4n) is 1.37. The van der Waals surface area contributed by atoms with Crippen LogP contribution in [-0.4, -0.2) is 44.3 Å². The Morgan fingerprint density at radius 2 is 2.00 bits per heavy atom. The van der Waals surface area contributed by atoms with Crippen molar-refractivity contribution in [3.63, 3.8) is 0 Å². The highest BCUT2D eigenvalue weighted by Crippen LogP contribution is 2.08. The van der Waals surface area contributed by atoms with Crippen molar-refractivity contribution in [2.24, 2.45) is 5.73 Å². The Bertz CT molecular complexity index is 117. The molecule has 1 unspecified atom stereocenters. The Labute approximate surface area is 82.2 Å². The first-order valence-electron chi connectivity index (χ1n) is 5.04. The van der Waals surface area contributed by atoms with Gasteiger partial charge in [-0.3, -0.25) is 4.90 Å². The van der Waals surface area contributed by atoms with Crippen molar-refractivity contribution in [2.45, 2.75) is 38.8 Å². The molecule has 0 radical (unpaired) electrons. The number of ether oxygens (including phenoxy) is 1. The Morgan fingerprint density at radius 1 is 1.38 bits per heavy atom. The van der Waals surface area contributed by atoms with Crippen molar-refractivity contribution in [1.29, 1.82) is 0 Å². The van der Waals surface area contributed by atoms with Crippen LogP contribution in [0.5, 0.6) is 0 Å². The molecule has 13 heavy (non-hydrogen) atoms. The fraction of sp³-hybridized carbons (Fsp3) is 1.00. The third-order valence-electron chi connectivity index (χ3n) is 2.49. The molecule has 0 amide bonds. The van der Waals surface area contributed by atoms with E-state index in [0.717, 1.165) is 26.0 Å². The molecule has 0 bridgehead atoms. The lowest BCUT2D eigenvalue weighted by molar-refractivity contribution is 0.0832. The molecule has 0 spiro atoms. The van der Waals surface area contributed by atoms with E-state index >= 15 is 0 Å². The molecule has 0 aliphatic carbocycles. The van der Waals surface area contributed by atoms with Gasteiger partial charge in [0.05, 0.1) is 6.61 Å². The summed E-state index contributed by atoms with van der Waals surface area (Å²) in [4.78, 5) is 2.35. The van der Waals surface area contributed by atoms with E-state index in [9.17, 15) is 0 Å². The van der Waals surface area contributed by atoms with Crippen LogP contribution >= 0.6 is 0 Å². The minimum Gasteiger partial charge on any atom is -0.383 e. The standard InChI is InChI=1S/C10H24N2O/c1-9(2)12(3)10(8-13-4)6-5-7-11/h9-10H,5-8,11H2,1-4H3. The van der Waals surface area contributed by atoms with Crippen molar-refractivity contribution >= 4 is 0 Å². The van der Waals surface area contributed by atoms with Crippen LogP contribution in [-0.2, 0) is 4.74 Å². The first-order valence-corrected chi connectivity index (χ1v) is 5.04. The number of nitrogens with two attached hydrogens (primary N) is 1. The molecule has 0 heterocycles. The average Bonchev–Trinajstić information content (AvgIpc) is 2.11. The van der Waals surface area contributed by atoms with E-state index in [0.29, 0.717) is 12.1 Å². The molecule has 0 saturated carbocycles. The van der Waals surface area contributed by atoms with Crippen LogP contribution in [0.4, 0.5) is 0 Å². The monoisotopic (exact) mass is 188 g/mol. The Hall–Kier alpha value is -0.120. The highest BCUT2D eigenvalue weighted by Gasteiger charge is 2.15. The van der Waals surface area contributed by atoms with Gasteiger partial charge in [-0.25, -0.2) is 0 Å². The molecule has 3 heteroatoms. The quantitative estimate of drug-likeness (QED) is 0.650. The van der Waals surface area contributed by atoms with Crippen LogP contribution in [0.1, 0.15) is 26.7 Å². The highest BCUT2D eigenvalue weighted by atomic mass is 16.5. The third kappa shape index (κ3) is 5.24. The summed E-state index contributed by atoms with van der Waals surface area (Å²) in [5.74, 6) is 0. The fourth-order valence-corrected chi connectivity index (χ4v) is 1.37. The van der Waals surface area contributed by atoms with Crippen LogP contribution < -0.4 is 5.73 Å². The normalized spacial score (nSPS) is 14.1. The first-order chi connectivity index (χ1) is 6.13. The van der Waals surface area contributed by atoms with Gasteiger partial charge in [-0.05, 0) is 40.3 Å². The average molecular weight is 188 g/mol. The molecular formula is C10H24N2O. The molecule has 80 valence electrons. The number of likely N-dealkylation sites (N-methyl/N-ethyl adjacent to an activating group) is 1. The van der Waals surface area contributed by atoms with E-state index in [1.807, 2.05) is 0 Å². The summed E-state index contributed by atoms with van der Waals surface area (Å²) in [5.41, 5.74) is 5.49. The molecule has 1 atom stereocenters. The number of hydrogen-bond donors (Lipinski definition) is 1. The summed E-state index contributed by atoms with van der Waals surface area (Å²) in [6.07, 6.45) is 2.20. The van der Waals surface area contributed by atoms with Crippen molar-refractivity contribution in [3.8, 4) is 0 Å².